The largest absolute Gasteiger partial charge is 0.467 e. The van der Waals surface area contributed by atoms with E-state index in [0.29, 0.717) is 17.0 Å². The average Bonchev–Trinajstić information content (AvgIpc) is 3.01. The number of rotatable bonds is 5. The van der Waals surface area contributed by atoms with Gasteiger partial charge in [-0.15, -0.1) is 0 Å². The lowest BCUT2D eigenvalue weighted by atomic mass is 10.1. The Labute approximate surface area is 114 Å². The Kier molecular flexibility index (Phi) is 4.24. The van der Waals surface area contributed by atoms with Crippen LogP contribution in [-0.4, -0.2) is 22.8 Å². The van der Waals surface area contributed by atoms with Gasteiger partial charge in [0, 0.05) is 5.56 Å². The zero-order chi connectivity index (χ0) is 13.8. The molecule has 0 bridgehead atoms. The summed E-state index contributed by atoms with van der Waals surface area (Å²) in [6, 6.07) is 2.78. The zero-order valence-corrected chi connectivity index (χ0v) is 11.0. The number of amides is 1. The van der Waals surface area contributed by atoms with E-state index in [1.165, 1.54) is 6.26 Å². The van der Waals surface area contributed by atoms with Crippen molar-refractivity contribution < 1.29 is 18.8 Å². The lowest BCUT2D eigenvalue weighted by Crippen LogP contribution is -2.31. The van der Waals surface area contributed by atoms with Gasteiger partial charge in [0.15, 0.2) is 0 Å². The molecule has 0 saturated heterocycles. The predicted molar refractivity (Wildman–Crippen MR) is 66.6 cm³/mol. The molecule has 0 aliphatic heterocycles. The number of nitrogens with one attached hydrogen (secondary N) is 1. The highest BCUT2D eigenvalue weighted by Crippen LogP contribution is 2.20. The molecule has 2 aromatic heterocycles. The number of carbonyl (C=O) groups is 1. The minimum absolute atomic E-state index is 0.0331. The van der Waals surface area contributed by atoms with E-state index in [9.17, 15) is 9.90 Å². The monoisotopic (exact) mass is 284 g/mol. The summed E-state index contributed by atoms with van der Waals surface area (Å²) in [5, 5.41) is 15.7. The highest BCUT2D eigenvalue weighted by atomic mass is 35.5. The maximum atomic E-state index is 11.9. The Morgan fingerprint density at radius 2 is 2.42 bits per heavy atom. The number of hydrogen-bond donors (Lipinski definition) is 2. The molecule has 0 aliphatic carbocycles. The first-order valence-corrected chi connectivity index (χ1v) is 6.04. The third-order valence-corrected chi connectivity index (χ3v) is 2.98. The summed E-state index contributed by atoms with van der Waals surface area (Å²) in [4.78, 5) is 11.9. The average molecular weight is 285 g/mol. The topological polar surface area (TPSA) is 88.5 Å². The van der Waals surface area contributed by atoms with Gasteiger partial charge in [-0.05, 0) is 30.7 Å². The molecule has 102 valence electrons. The van der Waals surface area contributed by atoms with Crippen molar-refractivity contribution >= 4 is 17.5 Å². The second-order valence-electron chi connectivity index (χ2n) is 4.02. The minimum Gasteiger partial charge on any atom is -0.467 e. The van der Waals surface area contributed by atoms with Crippen molar-refractivity contribution in [1.82, 2.24) is 10.5 Å². The van der Waals surface area contributed by atoms with Crippen LogP contribution in [-0.2, 0) is 11.2 Å². The van der Waals surface area contributed by atoms with Crippen LogP contribution in [0.4, 0.5) is 0 Å². The van der Waals surface area contributed by atoms with Gasteiger partial charge in [-0.25, -0.2) is 0 Å². The summed E-state index contributed by atoms with van der Waals surface area (Å²) < 4.78 is 9.91. The minimum atomic E-state index is -0.582. The van der Waals surface area contributed by atoms with Crippen LogP contribution < -0.4 is 5.32 Å². The second-order valence-corrected chi connectivity index (χ2v) is 4.36. The first-order chi connectivity index (χ1) is 9.11. The van der Waals surface area contributed by atoms with E-state index in [-0.39, 0.29) is 24.2 Å². The molecule has 7 heteroatoms. The van der Waals surface area contributed by atoms with E-state index in [0.717, 1.165) is 0 Å². The van der Waals surface area contributed by atoms with Gasteiger partial charge in [-0.1, -0.05) is 5.16 Å². The standard InChI is InChI=1S/C12H13ClN2O4/c1-7-8(12(13)19-15-7)5-11(17)14-9(6-16)10-3-2-4-18-10/h2-4,9,16H,5-6H2,1H3,(H,14,17). The van der Waals surface area contributed by atoms with Crippen molar-refractivity contribution in [1.29, 1.82) is 0 Å². The third kappa shape index (κ3) is 3.15. The van der Waals surface area contributed by atoms with E-state index in [2.05, 4.69) is 10.5 Å². The second kappa shape index (κ2) is 5.90. The van der Waals surface area contributed by atoms with Gasteiger partial charge in [0.2, 0.25) is 11.1 Å². The Morgan fingerprint density at radius 3 is 2.95 bits per heavy atom. The van der Waals surface area contributed by atoms with Crippen LogP contribution in [0.2, 0.25) is 5.22 Å². The molecule has 19 heavy (non-hydrogen) atoms. The molecule has 6 nitrogen and oxygen atoms in total. The van der Waals surface area contributed by atoms with Crippen LogP contribution in [0, 0.1) is 6.92 Å². The third-order valence-electron chi connectivity index (χ3n) is 2.68. The summed E-state index contributed by atoms with van der Waals surface area (Å²) in [6.45, 7) is 1.45. The number of carbonyl (C=O) groups excluding carboxylic acids is 1. The molecular formula is C12H13ClN2O4. The number of aryl methyl sites for hydroxylation is 1. The molecule has 2 rings (SSSR count). The number of aromatic nitrogens is 1. The van der Waals surface area contributed by atoms with Gasteiger partial charge in [-0.3, -0.25) is 4.79 Å². The number of halogens is 1. The number of furan rings is 1. The molecule has 0 aromatic carbocycles. The molecule has 0 fully saturated rings. The van der Waals surface area contributed by atoms with Gasteiger partial charge in [0.1, 0.15) is 11.8 Å². The molecular weight excluding hydrogens is 272 g/mol. The first kappa shape index (κ1) is 13.6. The van der Waals surface area contributed by atoms with E-state index in [4.69, 9.17) is 20.5 Å². The Bertz CT molecular complexity index is 531. The molecule has 2 aromatic rings. The van der Waals surface area contributed by atoms with Crippen molar-refractivity contribution in [3.63, 3.8) is 0 Å². The Hall–Kier alpha value is -1.79. The summed E-state index contributed by atoms with van der Waals surface area (Å²) in [5.41, 5.74) is 1.11. The Balaban J connectivity index is 2.01. The highest BCUT2D eigenvalue weighted by molar-refractivity contribution is 6.29. The van der Waals surface area contributed by atoms with Gasteiger partial charge >= 0.3 is 0 Å². The van der Waals surface area contributed by atoms with Gasteiger partial charge in [-0.2, -0.15) is 0 Å². The lowest BCUT2D eigenvalue weighted by molar-refractivity contribution is -0.121. The zero-order valence-electron chi connectivity index (χ0n) is 10.2. The molecule has 1 unspecified atom stereocenters. The molecule has 0 spiro atoms. The van der Waals surface area contributed by atoms with Crippen molar-refractivity contribution in [3.05, 3.63) is 40.6 Å². The number of aliphatic hydroxyl groups is 1. The summed E-state index contributed by atoms with van der Waals surface area (Å²) in [7, 11) is 0. The summed E-state index contributed by atoms with van der Waals surface area (Å²) in [5.74, 6) is 0.188. The number of nitrogens with zero attached hydrogens (tertiary/aromatic N) is 1. The van der Waals surface area contributed by atoms with Crippen LogP contribution in [0.1, 0.15) is 23.1 Å². The molecule has 1 atom stereocenters. The normalized spacial score (nSPS) is 12.4. The van der Waals surface area contributed by atoms with E-state index in [1.54, 1.807) is 19.1 Å². The highest BCUT2D eigenvalue weighted by Gasteiger charge is 2.19. The fourth-order valence-electron chi connectivity index (χ4n) is 1.66. The fraction of sp³-hybridized carbons (Fsp3) is 0.333. The van der Waals surface area contributed by atoms with Gasteiger partial charge < -0.3 is 19.4 Å². The van der Waals surface area contributed by atoms with Crippen LogP contribution in [0.25, 0.3) is 0 Å². The van der Waals surface area contributed by atoms with Crippen LogP contribution in [0.5, 0.6) is 0 Å². The van der Waals surface area contributed by atoms with Crippen molar-refractivity contribution in [3.8, 4) is 0 Å². The van der Waals surface area contributed by atoms with Crippen LogP contribution in [0.3, 0.4) is 0 Å². The van der Waals surface area contributed by atoms with Gasteiger partial charge in [0.25, 0.3) is 0 Å². The maximum absolute atomic E-state index is 11.9. The number of aliphatic hydroxyl groups excluding tert-OH is 1. The quantitative estimate of drug-likeness (QED) is 0.871. The maximum Gasteiger partial charge on any atom is 0.229 e. The molecule has 2 N–H and O–H groups in total. The molecule has 0 aliphatic rings. The van der Waals surface area contributed by atoms with Crippen LogP contribution >= 0.6 is 11.6 Å². The Morgan fingerprint density at radius 1 is 1.63 bits per heavy atom. The van der Waals surface area contributed by atoms with Crippen molar-refractivity contribution in [2.75, 3.05) is 6.61 Å². The van der Waals surface area contributed by atoms with Gasteiger partial charge in [0.05, 0.1) is 25.0 Å². The SMILES string of the molecule is Cc1noc(Cl)c1CC(=O)NC(CO)c1ccco1. The fourth-order valence-corrected chi connectivity index (χ4v) is 1.90. The van der Waals surface area contributed by atoms with E-state index >= 15 is 0 Å². The van der Waals surface area contributed by atoms with E-state index < -0.39 is 6.04 Å². The summed E-state index contributed by atoms with van der Waals surface area (Å²) >= 11 is 5.78. The van der Waals surface area contributed by atoms with Crippen LogP contribution in [0.15, 0.2) is 27.3 Å². The lowest BCUT2D eigenvalue weighted by Gasteiger charge is -2.13. The molecule has 2 heterocycles. The molecule has 0 saturated carbocycles. The molecule has 1 amide bonds. The number of hydrogen-bond acceptors (Lipinski definition) is 5. The van der Waals surface area contributed by atoms with Crippen molar-refractivity contribution in [2.45, 2.75) is 19.4 Å². The smallest absolute Gasteiger partial charge is 0.229 e. The predicted octanol–water partition coefficient (Wildman–Crippen LogP) is 1.62. The molecule has 0 radical (unpaired) electrons. The first-order valence-electron chi connectivity index (χ1n) is 5.66. The summed E-state index contributed by atoms with van der Waals surface area (Å²) in [6.07, 6.45) is 1.51. The van der Waals surface area contributed by atoms with Crippen molar-refractivity contribution in [2.24, 2.45) is 0 Å². The van der Waals surface area contributed by atoms with E-state index in [1.807, 2.05) is 0 Å².